The minimum atomic E-state index is -0.670. The maximum Gasteiger partial charge on any atom is 0.255 e. The molecule has 1 fully saturated rings. The molecule has 1 aromatic rings. The van der Waals surface area contributed by atoms with Gasteiger partial charge in [-0.25, -0.2) is 4.39 Å². The average molecular weight is 390 g/mol. The van der Waals surface area contributed by atoms with Crippen molar-refractivity contribution in [1.82, 2.24) is 15.1 Å². The highest BCUT2D eigenvalue weighted by Crippen LogP contribution is 2.25. The van der Waals surface area contributed by atoms with E-state index in [1.165, 1.54) is 6.07 Å². The van der Waals surface area contributed by atoms with E-state index < -0.39 is 5.82 Å². The minimum Gasteiger partial charge on any atom is -0.355 e. The van der Waals surface area contributed by atoms with E-state index in [1.54, 1.807) is 4.90 Å². The molecule has 0 aliphatic carbocycles. The molecule has 0 unspecified atom stereocenters. The van der Waals surface area contributed by atoms with Crippen LogP contribution in [0.4, 0.5) is 4.39 Å². The van der Waals surface area contributed by atoms with Gasteiger partial charge in [0, 0.05) is 32.7 Å². The van der Waals surface area contributed by atoms with E-state index in [0.717, 1.165) is 18.9 Å². The Kier molecular flexibility index (Phi) is 7.47. The third-order valence-corrected chi connectivity index (χ3v) is 4.72. The molecule has 0 spiro atoms. The monoisotopic (exact) mass is 389 g/mol. The van der Waals surface area contributed by atoms with Crippen molar-refractivity contribution in [3.63, 3.8) is 0 Å². The highest BCUT2D eigenvalue weighted by molar-refractivity contribution is 6.36. The number of piperazine rings is 1. The summed E-state index contributed by atoms with van der Waals surface area (Å²) < 4.78 is 13.6. The van der Waals surface area contributed by atoms with Crippen molar-refractivity contribution in [2.24, 2.45) is 0 Å². The Bertz CT molecular complexity index is 635. The molecule has 2 rings (SSSR count). The van der Waals surface area contributed by atoms with Crippen molar-refractivity contribution in [1.29, 1.82) is 0 Å². The van der Waals surface area contributed by atoms with Crippen molar-refractivity contribution < 1.29 is 14.0 Å². The predicted molar refractivity (Wildman–Crippen MR) is 96.7 cm³/mol. The van der Waals surface area contributed by atoms with Gasteiger partial charge < -0.3 is 10.2 Å². The number of carbonyl (C=O) groups is 2. The highest BCUT2D eigenvalue weighted by atomic mass is 35.5. The third kappa shape index (κ3) is 5.56. The van der Waals surface area contributed by atoms with Crippen LogP contribution in [0, 0.1) is 5.82 Å². The summed E-state index contributed by atoms with van der Waals surface area (Å²) in [5.41, 5.74) is 0.106. The Morgan fingerprint density at radius 1 is 1.16 bits per heavy atom. The second kappa shape index (κ2) is 9.36. The molecule has 0 radical (unpaired) electrons. The normalized spacial score (nSPS) is 15.3. The van der Waals surface area contributed by atoms with Crippen molar-refractivity contribution in [3.8, 4) is 0 Å². The zero-order valence-corrected chi connectivity index (χ0v) is 15.7. The standard InChI is InChI=1S/C17H22Cl2FN3O2/c1-2-3-4-21-16(24)11-22-5-7-23(8-6-22)17(25)12-9-15(20)14(19)10-13(12)18/h9-10H,2-8,11H2,1H3,(H,21,24). The van der Waals surface area contributed by atoms with Gasteiger partial charge in [-0.2, -0.15) is 0 Å². The fraction of sp³-hybridized carbons (Fsp3) is 0.529. The van der Waals surface area contributed by atoms with Gasteiger partial charge in [0.25, 0.3) is 5.91 Å². The van der Waals surface area contributed by atoms with Crippen LogP contribution < -0.4 is 5.32 Å². The summed E-state index contributed by atoms with van der Waals surface area (Å²) in [5.74, 6) is -1.000. The number of hydrogen-bond donors (Lipinski definition) is 1. The maximum atomic E-state index is 13.6. The summed E-state index contributed by atoms with van der Waals surface area (Å²) in [6, 6.07) is 2.31. The molecule has 0 saturated carbocycles. The predicted octanol–water partition coefficient (Wildman–Crippen LogP) is 2.81. The molecule has 0 atom stereocenters. The van der Waals surface area contributed by atoms with Gasteiger partial charge in [-0.15, -0.1) is 0 Å². The van der Waals surface area contributed by atoms with E-state index in [1.807, 2.05) is 4.90 Å². The van der Waals surface area contributed by atoms with Crippen LogP contribution >= 0.6 is 23.2 Å². The molecule has 1 N–H and O–H groups in total. The van der Waals surface area contributed by atoms with Crippen molar-refractivity contribution in [3.05, 3.63) is 33.6 Å². The van der Waals surface area contributed by atoms with Gasteiger partial charge >= 0.3 is 0 Å². The van der Waals surface area contributed by atoms with Gasteiger partial charge in [0.2, 0.25) is 5.91 Å². The fourth-order valence-electron chi connectivity index (χ4n) is 2.63. The summed E-state index contributed by atoms with van der Waals surface area (Å²) in [4.78, 5) is 28.0. The summed E-state index contributed by atoms with van der Waals surface area (Å²) in [6.07, 6.45) is 2.00. The third-order valence-electron chi connectivity index (χ3n) is 4.12. The lowest BCUT2D eigenvalue weighted by Crippen LogP contribution is -2.51. The minimum absolute atomic E-state index is 0.00366. The van der Waals surface area contributed by atoms with Crippen LogP contribution in [0.1, 0.15) is 30.1 Å². The highest BCUT2D eigenvalue weighted by Gasteiger charge is 2.25. The van der Waals surface area contributed by atoms with Gasteiger partial charge in [0.15, 0.2) is 0 Å². The fourth-order valence-corrected chi connectivity index (χ4v) is 3.09. The lowest BCUT2D eigenvalue weighted by Gasteiger charge is -2.34. The first-order chi connectivity index (χ1) is 11.9. The number of hydrogen-bond acceptors (Lipinski definition) is 3. The molecule has 0 bridgehead atoms. The van der Waals surface area contributed by atoms with Crippen LogP contribution in [0.25, 0.3) is 0 Å². The lowest BCUT2D eigenvalue weighted by atomic mass is 10.1. The van der Waals surface area contributed by atoms with Crippen molar-refractivity contribution >= 4 is 35.0 Å². The van der Waals surface area contributed by atoms with Crippen LogP contribution in [0.3, 0.4) is 0 Å². The molecule has 138 valence electrons. The summed E-state index contributed by atoms with van der Waals surface area (Å²) in [5, 5.41) is 2.90. The first kappa shape index (κ1) is 19.9. The van der Waals surface area contributed by atoms with Gasteiger partial charge in [0.05, 0.1) is 22.2 Å². The number of nitrogens with zero attached hydrogens (tertiary/aromatic N) is 2. The number of unbranched alkanes of at least 4 members (excludes halogenated alkanes) is 1. The van der Waals surface area contributed by atoms with E-state index in [4.69, 9.17) is 23.2 Å². The first-order valence-electron chi connectivity index (χ1n) is 8.35. The van der Waals surface area contributed by atoms with Gasteiger partial charge in [0.1, 0.15) is 5.82 Å². The van der Waals surface area contributed by atoms with Crippen molar-refractivity contribution in [2.45, 2.75) is 19.8 Å². The van der Waals surface area contributed by atoms with E-state index in [-0.39, 0.29) is 27.4 Å². The van der Waals surface area contributed by atoms with Crippen LogP contribution in [-0.2, 0) is 4.79 Å². The molecule has 0 aromatic heterocycles. The Balaban J connectivity index is 1.86. The Morgan fingerprint density at radius 2 is 1.84 bits per heavy atom. The molecular weight excluding hydrogens is 368 g/mol. The number of halogens is 3. The topological polar surface area (TPSA) is 52.7 Å². The molecule has 25 heavy (non-hydrogen) atoms. The summed E-state index contributed by atoms with van der Waals surface area (Å²) in [7, 11) is 0. The Labute approximate surface area is 157 Å². The van der Waals surface area contributed by atoms with Crippen LogP contribution in [0.2, 0.25) is 10.0 Å². The smallest absolute Gasteiger partial charge is 0.255 e. The number of carbonyl (C=O) groups excluding carboxylic acids is 2. The van der Waals surface area contributed by atoms with Gasteiger partial charge in [-0.1, -0.05) is 36.5 Å². The number of amides is 2. The SMILES string of the molecule is CCCCNC(=O)CN1CCN(C(=O)c2cc(F)c(Cl)cc2Cl)CC1. The average Bonchev–Trinajstić information content (AvgIpc) is 2.58. The van der Waals surface area contributed by atoms with Gasteiger partial charge in [-0.3, -0.25) is 14.5 Å². The molecule has 1 saturated heterocycles. The number of nitrogens with one attached hydrogen (secondary N) is 1. The molecule has 8 heteroatoms. The first-order valence-corrected chi connectivity index (χ1v) is 9.10. The maximum absolute atomic E-state index is 13.6. The van der Waals surface area contributed by atoms with E-state index in [9.17, 15) is 14.0 Å². The lowest BCUT2D eigenvalue weighted by molar-refractivity contribution is -0.122. The van der Waals surface area contributed by atoms with E-state index in [2.05, 4.69) is 12.2 Å². The Hall–Kier alpha value is -1.37. The molecule has 1 aliphatic heterocycles. The molecule has 5 nitrogen and oxygen atoms in total. The second-order valence-electron chi connectivity index (χ2n) is 6.02. The van der Waals surface area contributed by atoms with E-state index in [0.29, 0.717) is 39.3 Å². The zero-order chi connectivity index (χ0) is 18.4. The van der Waals surface area contributed by atoms with E-state index >= 15 is 0 Å². The largest absolute Gasteiger partial charge is 0.355 e. The summed E-state index contributed by atoms with van der Waals surface area (Å²) >= 11 is 11.7. The summed E-state index contributed by atoms with van der Waals surface area (Å²) in [6.45, 7) is 5.17. The zero-order valence-electron chi connectivity index (χ0n) is 14.2. The van der Waals surface area contributed by atoms with Gasteiger partial charge in [-0.05, 0) is 18.6 Å². The number of rotatable bonds is 6. The molecular formula is C17H22Cl2FN3O2. The molecule has 1 aromatic carbocycles. The molecule has 1 aliphatic rings. The van der Waals surface area contributed by atoms with Crippen LogP contribution in [0.5, 0.6) is 0 Å². The number of benzene rings is 1. The molecule has 2 amide bonds. The quantitative estimate of drug-likeness (QED) is 0.601. The molecule has 1 heterocycles. The van der Waals surface area contributed by atoms with Crippen LogP contribution in [-0.4, -0.2) is 60.9 Å². The van der Waals surface area contributed by atoms with Crippen LogP contribution in [0.15, 0.2) is 12.1 Å². The Morgan fingerprint density at radius 3 is 2.48 bits per heavy atom. The second-order valence-corrected chi connectivity index (χ2v) is 6.83. The van der Waals surface area contributed by atoms with Crippen molar-refractivity contribution in [2.75, 3.05) is 39.3 Å².